The molecule has 0 radical (unpaired) electrons. The lowest BCUT2D eigenvalue weighted by molar-refractivity contribution is -0.151. The van der Waals surface area contributed by atoms with E-state index in [4.69, 9.17) is 4.74 Å². The number of β-amino-alcohol motifs (C(OH)–C–C–N with tert-alkyl or cyclic N) is 1. The Bertz CT molecular complexity index is 517. The molecular weight excluding hydrogens is 277 g/mol. The van der Waals surface area contributed by atoms with Gasteiger partial charge in [-0.05, 0) is 37.6 Å². The molecule has 0 spiro atoms. The largest absolute Gasteiger partial charge is 0.466 e. The maximum atomic E-state index is 12.9. The summed E-state index contributed by atoms with van der Waals surface area (Å²) in [6.07, 6.45) is -0.482. The SMILES string of the molecule is CCOC(=O)C1CC(O)CN(C(=O)c2ccc(F)cc2)C1. The lowest BCUT2D eigenvalue weighted by Crippen LogP contribution is -2.48. The maximum absolute atomic E-state index is 12.9. The number of esters is 1. The van der Waals surface area contributed by atoms with Gasteiger partial charge in [-0.1, -0.05) is 0 Å². The molecule has 1 aromatic carbocycles. The van der Waals surface area contributed by atoms with Crippen LogP contribution in [0.5, 0.6) is 0 Å². The van der Waals surface area contributed by atoms with E-state index in [0.717, 1.165) is 0 Å². The summed E-state index contributed by atoms with van der Waals surface area (Å²) in [6, 6.07) is 5.18. The van der Waals surface area contributed by atoms with Crippen molar-refractivity contribution < 1.29 is 23.8 Å². The number of carbonyl (C=O) groups excluding carboxylic acids is 2. The Morgan fingerprint density at radius 3 is 2.62 bits per heavy atom. The standard InChI is InChI=1S/C15H18FNO4/c1-2-21-15(20)11-7-13(18)9-17(8-11)14(19)10-3-5-12(16)6-4-10/h3-6,11,13,18H,2,7-9H2,1H3. The molecule has 114 valence electrons. The summed E-state index contributed by atoms with van der Waals surface area (Å²) in [7, 11) is 0. The predicted octanol–water partition coefficient (Wildman–Crippen LogP) is 1.21. The number of carbonyl (C=O) groups is 2. The third-order valence-electron chi connectivity index (χ3n) is 3.43. The fourth-order valence-electron chi connectivity index (χ4n) is 2.44. The molecule has 1 amide bonds. The summed E-state index contributed by atoms with van der Waals surface area (Å²) < 4.78 is 17.8. The van der Waals surface area contributed by atoms with Crippen molar-refractivity contribution in [1.29, 1.82) is 0 Å². The summed E-state index contributed by atoms with van der Waals surface area (Å²) in [6.45, 7) is 2.33. The third-order valence-corrected chi connectivity index (χ3v) is 3.43. The van der Waals surface area contributed by atoms with Crippen molar-refractivity contribution in [3.05, 3.63) is 35.6 Å². The van der Waals surface area contributed by atoms with Gasteiger partial charge in [0.2, 0.25) is 0 Å². The molecule has 5 nitrogen and oxygen atoms in total. The van der Waals surface area contributed by atoms with Crippen molar-refractivity contribution in [1.82, 2.24) is 4.90 Å². The topological polar surface area (TPSA) is 66.8 Å². The molecule has 0 aromatic heterocycles. The van der Waals surface area contributed by atoms with E-state index in [1.165, 1.54) is 29.2 Å². The van der Waals surface area contributed by atoms with Gasteiger partial charge in [0.25, 0.3) is 5.91 Å². The number of aliphatic hydroxyl groups excluding tert-OH is 1. The molecule has 21 heavy (non-hydrogen) atoms. The number of hydrogen-bond acceptors (Lipinski definition) is 4. The van der Waals surface area contributed by atoms with E-state index in [1.54, 1.807) is 6.92 Å². The molecular formula is C15H18FNO4. The molecule has 6 heteroatoms. The van der Waals surface area contributed by atoms with Gasteiger partial charge >= 0.3 is 5.97 Å². The minimum atomic E-state index is -0.766. The molecule has 1 aliphatic rings. The Hall–Kier alpha value is -1.95. The van der Waals surface area contributed by atoms with Gasteiger partial charge in [0.15, 0.2) is 0 Å². The first kappa shape index (κ1) is 15.4. The number of amides is 1. The van der Waals surface area contributed by atoms with Crippen LogP contribution >= 0.6 is 0 Å². The smallest absolute Gasteiger partial charge is 0.310 e. The third kappa shape index (κ3) is 3.78. The first-order valence-corrected chi connectivity index (χ1v) is 6.90. The van der Waals surface area contributed by atoms with Crippen molar-refractivity contribution >= 4 is 11.9 Å². The average Bonchev–Trinajstić information content (AvgIpc) is 2.47. The number of piperidine rings is 1. The minimum Gasteiger partial charge on any atom is -0.466 e. The van der Waals surface area contributed by atoms with E-state index in [0.29, 0.717) is 5.56 Å². The zero-order valence-electron chi connectivity index (χ0n) is 11.8. The van der Waals surface area contributed by atoms with Gasteiger partial charge in [-0.3, -0.25) is 9.59 Å². The average molecular weight is 295 g/mol. The number of likely N-dealkylation sites (tertiary alicyclic amines) is 1. The van der Waals surface area contributed by atoms with Crippen LogP contribution in [0.2, 0.25) is 0 Å². The van der Waals surface area contributed by atoms with Gasteiger partial charge in [0.1, 0.15) is 5.82 Å². The maximum Gasteiger partial charge on any atom is 0.310 e. The first-order valence-electron chi connectivity index (χ1n) is 6.90. The highest BCUT2D eigenvalue weighted by Crippen LogP contribution is 2.20. The second-order valence-corrected chi connectivity index (χ2v) is 5.06. The number of nitrogens with zero attached hydrogens (tertiary/aromatic N) is 1. The molecule has 1 N–H and O–H groups in total. The van der Waals surface area contributed by atoms with Gasteiger partial charge in [0.05, 0.1) is 18.6 Å². The number of halogens is 1. The van der Waals surface area contributed by atoms with E-state index in [9.17, 15) is 19.1 Å². The summed E-state index contributed by atoms with van der Waals surface area (Å²) >= 11 is 0. The Morgan fingerprint density at radius 2 is 2.00 bits per heavy atom. The summed E-state index contributed by atoms with van der Waals surface area (Å²) in [5.74, 6) is -1.69. The Morgan fingerprint density at radius 1 is 1.33 bits per heavy atom. The number of ether oxygens (including phenoxy) is 1. The number of hydrogen-bond donors (Lipinski definition) is 1. The first-order chi connectivity index (χ1) is 10.0. The molecule has 1 saturated heterocycles. The molecule has 1 heterocycles. The predicted molar refractivity (Wildman–Crippen MR) is 73.1 cm³/mol. The lowest BCUT2D eigenvalue weighted by atomic mass is 9.95. The Balaban J connectivity index is 2.09. The van der Waals surface area contributed by atoms with Crippen LogP contribution in [0.4, 0.5) is 4.39 Å². The van der Waals surface area contributed by atoms with Crippen molar-refractivity contribution in [2.45, 2.75) is 19.4 Å². The zero-order chi connectivity index (χ0) is 15.4. The van der Waals surface area contributed by atoms with Crippen LogP contribution in [0.15, 0.2) is 24.3 Å². The molecule has 1 fully saturated rings. The van der Waals surface area contributed by atoms with Crippen molar-refractivity contribution in [3.8, 4) is 0 Å². The van der Waals surface area contributed by atoms with E-state index in [-0.39, 0.29) is 32.0 Å². The van der Waals surface area contributed by atoms with Crippen LogP contribution in [0, 0.1) is 11.7 Å². The number of aliphatic hydroxyl groups is 1. The van der Waals surface area contributed by atoms with E-state index >= 15 is 0 Å². The normalized spacial score (nSPS) is 22.0. The van der Waals surface area contributed by atoms with Crippen LogP contribution < -0.4 is 0 Å². The van der Waals surface area contributed by atoms with Crippen LogP contribution in [-0.4, -0.2) is 47.7 Å². The van der Waals surface area contributed by atoms with Gasteiger partial charge < -0.3 is 14.7 Å². The molecule has 0 aliphatic carbocycles. The molecule has 1 aliphatic heterocycles. The van der Waals surface area contributed by atoms with Crippen LogP contribution in [0.3, 0.4) is 0 Å². The molecule has 0 saturated carbocycles. The van der Waals surface area contributed by atoms with Gasteiger partial charge in [-0.25, -0.2) is 4.39 Å². The Kier molecular flexibility index (Phi) is 4.90. The zero-order valence-corrected chi connectivity index (χ0v) is 11.8. The van der Waals surface area contributed by atoms with Crippen LogP contribution in [0.1, 0.15) is 23.7 Å². The van der Waals surface area contributed by atoms with E-state index < -0.39 is 23.8 Å². The Labute approximate surface area is 122 Å². The second kappa shape index (κ2) is 6.67. The molecule has 0 bridgehead atoms. The van der Waals surface area contributed by atoms with Gasteiger partial charge in [0, 0.05) is 18.7 Å². The van der Waals surface area contributed by atoms with Crippen molar-refractivity contribution in [2.75, 3.05) is 19.7 Å². The summed E-state index contributed by atoms with van der Waals surface area (Å²) in [4.78, 5) is 25.5. The summed E-state index contributed by atoms with van der Waals surface area (Å²) in [5.41, 5.74) is 0.327. The highest BCUT2D eigenvalue weighted by molar-refractivity contribution is 5.94. The van der Waals surface area contributed by atoms with Crippen molar-refractivity contribution in [3.63, 3.8) is 0 Å². The van der Waals surface area contributed by atoms with E-state index in [1.807, 2.05) is 0 Å². The highest BCUT2D eigenvalue weighted by atomic mass is 19.1. The van der Waals surface area contributed by atoms with Crippen LogP contribution in [0.25, 0.3) is 0 Å². The monoisotopic (exact) mass is 295 g/mol. The fraction of sp³-hybridized carbons (Fsp3) is 0.467. The fourth-order valence-corrected chi connectivity index (χ4v) is 2.44. The van der Waals surface area contributed by atoms with Gasteiger partial charge in [-0.15, -0.1) is 0 Å². The lowest BCUT2D eigenvalue weighted by Gasteiger charge is -2.34. The van der Waals surface area contributed by atoms with Crippen LogP contribution in [-0.2, 0) is 9.53 Å². The second-order valence-electron chi connectivity index (χ2n) is 5.06. The van der Waals surface area contributed by atoms with E-state index in [2.05, 4.69) is 0 Å². The molecule has 2 unspecified atom stereocenters. The minimum absolute atomic E-state index is 0.159. The molecule has 1 aromatic rings. The van der Waals surface area contributed by atoms with Crippen molar-refractivity contribution in [2.24, 2.45) is 5.92 Å². The van der Waals surface area contributed by atoms with Gasteiger partial charge in [-0.2, -0.15) is 0 Å². The highest BCUT2D eigenvalue weighted by Gasteiger charge is 2.34. The quantitative estimate of drug-likeness (QED) is 0.851. The molecule has 2 rings (SSSR count). The summed E-state index contributed by atoms with van der Waals surface area (Å²) in [5, 5.41) is 9.85. The molecule has 2 atom stereocenters. The number of benzene rings is 1. The number of rotatable bonds is 3.